The second kappa shape index (κ2) is 4.53. The van der Waals surface area contributed by atoms with Crippen LogP contribution in [-0.4, -0.2) is 9.97 Å². The van der Waals surface area contributed by atoms with Crippen molar-refractivity contribution in [1.29, 1.82) is 5.26 Å². The molecular formula is C11H5F2N3O. The van der Waals surface area contributed by atoms with Gasteiger partial charge < -0.3 is 4.74 Å². The zero-order chi connectivity index (χ0) is 12.3. The van der Waals surface area contributed by atoms with Crippen LogP contribution >= 0.6 is 0 Å². The van der Waals surface area contributed by atoms with E-state index in [1.54, 1.807) is 6.07 Å². The molecule has 0 bridgehead atoms. The number of ether oxygens (including phenoxy) is 1. The second-order valence-electron chi connectivity index (χ2n) is 2.99. The molecule has 1 heterocycles. The Kier molecular flexibility index (Phi) is 2.92. The van der Waals surface area contributed by atoms with E-state index in [9.17, 15) is 8.78 Å². The minimum Gasteiger partial charge on any atom is -0.421 e. The van der Waals surface area contributed by atoms with E-state index in [0.29, 0.717) is 0 Å². The van der Waals surface area contributed by atoms with Gasteiger partial charge in [-0.1, -0.05) is 6.07 Å². The fraction of sp³-hybridized carbons (Fsp3) is 0. The first-order valence-corrected chi connectivity index (χ1v) is 4.55. The molecule has 0 aliphatic heterocycles. The van der Waals surface area contributed by atoms with Gasteiger partial charge in [0.25, 0.3) is 0 Å². The molecule has 4 nitrogen and oxygen atoms in total. The van der Waals surface area contributed by atoms with Gasteiger partial charge in [0.15, 0.2) is 11.6 Å². The zero-order valence-corrected chi connectivity index (χ0v) is 8.39. The molecule has 2 rings (SSSR count). The second-order valence-corrected chi connectivity index (χ2v) is 2.99. The minimum atomic E-state index is -1.13. The van der Waals surface area contributed by atoms with Crippen LogP contribution in [0.25, 0.3) is 0 Å². The summed E-state index contributed by atoms with van der Waals surface area (Å²) in [6.07, 6.45) is 1.29. The Morgan fingerprint density at radius 3 is 2.82 bits per heavy atom. The Balaban J connectivity index is 2.32. The number of halogens is 2. The molecular weight excluding hydrogens is 228 g/mol. The number of nitrogens with zero attached hydrogens (tertiary/aromatic N) is 3. The lowest BCUT2D eigenvalue weighted by molar-refractivity contribution is 0.392. The van der Waals surface area contributed by atoms with Crippen LogP contribution in [0.5, 0.6) is 11.8 Å². The highest BCUT2D eigenvalue weighted by Crippen LogP contribution is 2.23. The molecule has 0 amide bonds. The SMILES string of the molecule is N#Cc1ccnc(Oc2cccc(F)c2F)n1. The molecule has 1 aromatic carbocycles. The molecule has 0 atom stereocenters. The lowest BCUT2D eigenvalue weighted by Crippen LogP contribution is -1.96. The maximum absolute atomic E-state index is 13.2. The van der Waals surface area contributed by atoms with Gasteiger partial charge in [0.1, 0.15) is 11.8 Å². The van der Waals surface area contributed by atoms with Crippen molar-refractivity contribution in [3.63, 3.8) is 0 Å². The van der Waals surface area contributed by atoms with Crippen molar-refractivity contribution in [3.05, 3.63) is 47.8 Å². The number of hydrogen-bond donors (Lipinski definition) is 0. The first kappa shape index (κ1) is 11.0. The van der Waals surface area contributed by atoms with Crippen molar-refractivity contribution in [2.45, 2.75) is 0 Å². The van der Waals surface area contributed by atoms with E-state index in [-0.39, 0.29) is 17.5 Å². The molecule has 2 aromatic rings. The van der Waals surface area contributed by atoms with E-state index in [4.69, 9.17) is 10.00 Å². The summed E-state index contributed by atoms with van der Waals surface area (Å²) < 4.78 is 31.1. The monoisotopic (exact) mass is 233 g/mol. The highest BCUT2D eigenvalue weighted by molar-refractivity contribution is 5.28. The van der Waals surface area contributed by atoms with Crippen molar-refractivity contribution in [2.75, 3.05) is 0 Å². The number of benzene rings is 1. The molecule has 6 heteroatoms. The van der Waals surface area contributed by atoms with Crippen LogP contribution in [-0.2, 0) is 0 Å². The third-order valence-electron chi connectivity index (χ3n) is 1.87. The number of nitriles is 1. The van der Waals surface area contributed by atoms with Crippen LogP contribution in [0.4, 0.5) is 8.78 Å². The summed E-state index contributed by atoms with van der Waals surface area (Å²) in [6, 6.07) is 6.43. The summed E-state index contributed by atoms with van der Waals surface area (Å²) >= 11 is 0. The van der Waals surface area contributed by atoms with E-state index in [1.807, 2.05) is 0 Å². The van der Waals surface area contributed by atoms with Crippen molar-refractivity contribution >= 4 is 0 Å². The first-order valence-electron chi connectivity index (χ1n) is 4.55. The smallest absolute Gasteiger partial charge is 0.323 e. The van der Waals surface area contributed by atoms with Crippen molar-refractivity contribution in [2.24, 2.45) is 0 Å². The molecule has 0 saturated heterocycles. The standard InChI is InChI=1S/C11H5F2N3O/c12-8-2-1-3-9(10(8)13)17-11-15-5-4-7(6-14)16-11/h1-5H. The van der Waals surface area contributed by atoms with Crippen LogP contribution < -0.4 is 4.74 Å². The van der Waals surface area contributed by atoms with Gasteiger partial charge in [0.2, 0.25) is 5.82 Å². The predicted molar refractivity (Wildman–Crippen MR) is 53.2 cm³/mol. The van der Waals surface area contributed by atoms with Gasteiger partial charge in [-0.05, 0) is 18.2 Å². The molecule has 0 unspecified atom stereocenters. The van der Waals surface area contributed by atoms with Crippen LogP contribution in [0.2, 0.25) is 0 Å². The van der Waals surface area contributed by atoms with Crippen molar-refractivity contribution in [1.82, 2.24) is 9.97 Å². The molecule has 0 spiro atoms. The molecule has 17 heavy (non-hydrogen) atoms. The van der Waals surface area contributed by atoms with Gasteiger partial charge in [-0.15, -0.1) is 0 Å². The Bertz CT molecular complexity index is 596. The number of rotatable bonds is 2. The largest absolute Gasteiger partial charge is 0.421 e. The van der Waals surface area contributed by atoms with Gasteiger partial charge in [-0.3, -0.25) is 0 Å². The van der Waals surface area contributed by atoms with Gasteiger partial charge in [-0.2, -0.15) is 14.6 Å². The van der Waals surface area contributed by atoms with Crippen LogP contribution in [0, 0.1) is 23.0 Å². The van der Waals surface area contributed by atoms with Gasteiger partial charge >= 0.3 is 6.01 Å². The lowest BCUT2D eigenvalue weighted by atomic mass is 10.3. The van der Waals surface area contributed by atoms with E-state index >= 15 is 0 Å². The quantitative estimate of drug-likeness (QED) is 0.799. The summed E-state index contributed by atoms with van der Waals surface area (Å²) in [4.78, 5) is 7.35. The third kappa shape index (κ3) is 2.34. The van der Waals surface area contributed by atoms with Crippen molar-refractivity contribution < 1.29 is 13.5 Å². The fourth-order valence-electron chi connectivity index (χ4n) is 1.11. The van der Waals surface area contributed by atoms with E-state index in [1.165, 1.54) is 24.4 Å². The fourth-order valence-corrected chi connectivity index (χ4v) is 1.11. The van der Waals surface area contributed by atoms with Crippen LogP contribution in [0.3, 0.4) is 0 Å². The minimum absolute atomic E-state index is 0.0758. The van der Waals surface area contributed by atoms with Gasteiger partial charge in [0.05, 0.1) is 0 Å². The third-order valence-corrected chi connectivity index (χ3v) is 1.87. The van der Waals surface area contributed by atoms with Crippen LogP contribution in [0.1, 0.15) is 5.69 Å². The molecule has 0 aliphatic carbocycles. The molecule has 0 N–H and O–H groups in total. The van der Waals surface area contributed by atoms with Crippen LogP contribution in [0.15, 0.2) is 30.5 Å². The summed E-state index contributed by atoms with van der Waals surface area (Å²) in [5.74, 6) is -2.49. The van der Waals surface area contributed by atoms with Gasteiger partial charge in [-0.25, -0.2) is 9.37 Å². The molecule has 84 valence electrons. The highest BCUT2D eigenvalue weighted by atomic mass is 19.2. The topological polar surface area (TPSA) is 58.8 Å². The van der Waals surface area contributed by atoms with Gasteiger partial charge in [0, 0.05) is 6.20 Å². The molecule has 0 aliphatic rings. The Labute approximate surface area is 95.1 Å². The predicted octanol–water partition coefficient (Wildman–Crippen LogP) is 2.42. The summed E-state index contributed by atoms with van der Waals surface area (Å²) in [5.41, 5.74) is 0.0758. The highest BCUT2D eigenvalue weighted by Gasteiger charge is 2.11. The lowest BCUT2D eigenvalue weighted by Gasteiger charge is -2.04. The summed E-state index contributed by atoms with van der Waals surface area (Å²) in [6.45, 7) is 0. The first-order chi connectivity index (χ1) is 8.20. The van der Waals surface area contributed by atoms with Crippen molar-refractivity contribution in [3.8, 4) is 17.8 Å². The zero-order valence-electron chi connectivity index (χ0n) is 8.39. The maximum Gasteiger partial charge on any atom is 0.323 e. The Hall–Kier alpha value is -2.55. The molecule has 0 fully saturated rings. The molecule has 0 radical (unpaired) electrons. The Morgan fingerprint density at radius 1 is 1.24 bits per heavy atom. The number of hydrogen-bond acceptors (Lipinski definition) is 4. The Morgan fingerprint density at radius 2 is 2.06 bits per heavy atom. The average Bonchev–Trinajstić information content (AvgIpc) is 2.35. The normalized spacial score (nSPS) is 9.71. The molecule has 1 aromatic heterocycles. The summed E-state index contributed by atoms with van der Waals surface area (Å²) in [7, 11) is 0. The number of aromatic nitrogens is 2. The van der Waals surface area contributed by atoms with E-state index < -0.39 is 11.6 Å². The molecule has 0 saturated carbocycles. The maximum atomic E-state index is 13.2. The van der Waals surface area contributed by atoms with E-state index in [0.717, 1.165) is 6.07 Å². The summed E-state index contributed by atoms with van der Waals surface area (Å²) in [5, 5.41) is 8.60. The average molecular weight is 233 g/mol. The van der Waals surface area contributed by atoms with E-state index in [2.05, 4.69) is 9.97 Å².